The summed E-state index contributed by atoms with van der Waals surface area (Å²) in [6, 6.07) is 8.45. The lowest BCUT2D eigenvalue weighted by Gasteiger charge is -2.04. The molecule has 0 fully saturated rings. The van der Waals surface area contributed by atoms with E-state index in [1.54, 1.807) is 19.1 Å². The summed E-state index contributed by atoms with van der Waals surface area (Å²) in [5, 5.41) is 10.5. The molecule has 1 aromatic heterocycles. The minimum Gasteiger partial charge on any atom is -0.462 e. The van der Waals surface area contributed by atoms with Gasteiger partial charge in [-0.3, -0.25) is 30.6 Å². The van der Waals surface area contributed by atoms with Gasteiger partial charge in [-0.2, -0.15) is 0 Å². The number of nitro groups is 1. The Morgan fingerprint density at radius 3 is 2.39 bits per heavy atom. The van der Waals surface area contributed by atoms with Gasteiger partial charge in [0, 0.05) is 23.8 Å². The van der Waals surface area contributed by atoms with Crippen molar-refractivity contribution in [1.82, 2.24) is 10.9 Å². The van der Waals surface area contributed by atoms with E-state index >= 15 is 0 Å². The smallest absolute Gasteiger partial charge is 0.269 e. The number of hydrogen-bond acceptors (Lipinski definition) is 5. The summed E-state index contributed by atoms with van der Waals surface area (Å²) in [6.45, 7) is 1.78. The third-order valence-electron chi connectivity index (χ3n) is 2.80. The van der Waals surface area contributed by atoms with Crippen LogP contribution in [0.2, 0.25) is 0 Å². The van der Waals surface area contributed by atoms with Crippen molar-refractivity contribution < 1.29 is 18.9 Å². The fourth-order valence-electron chi connectivity index (χ4n) is 1.67. The molecule has 0 unspecified atom stereocenters. The number of nitro benzene ring substituents is 1. The lowest BCUT2D eigenvalue weighted by molar-refractivity contribution is -0.384. The molecule has 2 N–H and O–H groups in total. The van der Waals surface area contributed by atoms with E-state index in [1.165, 1.54) is 36.4 Å². The van der Waals surface area contributed by atoms with Gasteiger partial charge in [-0.15, -0.1) is 0 Å². The van der Waals surface area contributed by atoms with Crippen LogP contribution in [0, 0.1) is 17.0 Å². The third-order valence-corrected chi connectivity index (χ3v) is 2.80. The zero-order chi connectivity index (χ0) is 16.8. The Balaban J connectivity index is 1.87. The molecule has 0 aliphatic heterocycles. The summed E-state index contributed by atoms with van der Waals surface area (Å²) < 4.78 is 5.25. The van der Waals surface area contributed by atoms with Gasteiger partial charge in [0.1, 0.15) is 11.5 Å². The minimum absolute atomic E-state index is 0.123. The molecule has 0 bridgehead atoms. The lowest BCUT2D eigenvalue weighted by atomic mass is 10.2. The topological polar surface area (TPSA) is 114 Å². The zero-order valence-electron chi connectivity index (χ0n) is 12.1. The molecule has 23 heavy (non-hydrogen) atoms. The van der Waals surface area contributed by atoms with Crippen molar-refractivity contribution in [2.75, 3.05) is 0 Å². The van der Waals surface area contributed by atoms with Crippen LogP contribution in [-0.2, 0) is 4.79 Å². The first-order chi connectivity index (χ1) is 11.0. The standard InChI is InChI=1S/C15H13N3O5/c1-10-2-7-13(23-10)8-9-14(19)16-17-15(20)11-3-5-12(6-4-11)18(21)22/h2-9H,1H3,(H,16,19)(H,17,20). The van der Waals surface area contributed by atoms with E-state index in [4.69, 9.17) is 4.42 Å². The molecule has 0 atom stereocenters. The Hall–Kier alpha value is -3.42. The van der Waals surface area contributed by atoms with E-state index in [0.29, 0.717) is 5.76 Å². The molecule has 0 radical (unpaired) electrons. The van der Waals surface area contributed by atoms with Crippen molar-refractivity contribution in [2.24, 2.45) is 0 Å². The van der Waals surface area contributed by atoms with Crippen molar-refractivity contribution in [3.8, 4) is 0 Å². The first-order valence-corrected chi connectivity index (χ1v) is 6.55. The van der Waals surface area contributed by atoms with Crippen LogP contribution in [0.3, 0.4) is 0 Å². The summed E-state index contributed by atoms with van der Waals surface area (Å²) in [4.78, 5) is 33.3. The van der Waals surface area contributed by atoms with Crippen LogP contribution in [0.25, 0.3) is 6.08 Å². The monoisotopic (exact) mass is 315 g/mol. The number of hydrogen-bond donors (Lipinski definition) is 2. The number of benzene rings is 1. The highest BCUT2D eigenvalue weighted by atomic mass is 16.6. The molecule has 0 aliphatic carbocycles. The number of aryl methyl sites for hydroxylation is 1. The molecule has 2 rings (SSSR count). The van der Waals surface area contributed by atoms with E-state index in [0.717, 1.165) is 5.76 Å². The second-order valence-corrected chi connectivity index (χ2v) is 4.53. The first-order valence-electron chi connectivity index (χ1n) is 6.55. The number of carbonyl (C=O) groups is 2. The average molecular weight is 315 g/mol. The van der Waals surface area contributed by atoms with Gasteiger partial charge in [0.15, 0.2) is 0 Å². The maximum atomic E-state index is 11.8. The number of nitrogens with one attached hydrogen (secondary N) is 2. The van der Waals surface area contributed by atoms with Gasteiger partial charge in [0.25, 0.3) is 17.5 Å². The molecular formula is C15H13N3O5. The van der Waals surface area contributed by atoms with E-state index < -0.39 is 16.7 Å². The Morgan fingerprint density at radius 1 is 1.13 bits per heavy atom. The van der Waals surface area contributed by atoms with Crippen LogP contribution < -0.4 is 10.9 Å². The molecule has 0 saturated carbocycles. The van der Waals surface area contributed by atoms with Crippen LogP contribution in [0.5, 0.6) is 0 Å². The lowest BCUT2D eigenvalue weighted by Crippen LogP contribution is -2.40. The minimum atomic E-state index is -0.588. The van der Waals surface area contributed by atoms with Gasteiger partial charge in [-0.25, -0.2) is 0 Å². The maximum absolute atomic E-state index is 11.8. The predicted molar refractivity (Wildman–Crippen MR) is 81.2 cm³/mol. The summed E-state index contributed by atoms with van der Waals surface area (Å²) in [7, 11) is 0. The molecule has 8 nitrogen and oxygen atoms in total. The van der Waals surface area contributed by atoms with Gasteiger partial charge in [0.05, 0.1) is 4.92 Å². The van der Waals surface area contributed by atoms with E-state index in [-0.39, 0.29) is 11.3 Å². The molecule has 0 aliphatic rings. The van der Waals surface area contributed by atoms with Gasteiger partial charge < -0.3 is 4.42 Å². The molecule has 8 heteroatoms. The summed E-state index contributed by atoms with van der Waals surface area (Å²) in [6.07, 6.45) is 2.66. The fourth-order valence-corrected chi connectivity index (χ4v) is 1.67. The van der Waals surface area contributed by atoms with Crippen LogP contribution in [-0.4, -0.2) is 16.7 Å². The highest BCUT2D eigenvalue weighted by Crippen LogP contribution is 2.11. The van der Waals surface area contributed by atoms with E-state index in [2.05, 4.69) is 10.9 Å². The van der Waals surface area contributed by atoms with Crippen molar-refractivity contribution in [2.45, 2.75) is 6.92 Å². The SMILES string of the molecule is Cc1ccc(C=CC(=O)NNC(=O)c2ccc([N+](=O)[O-])cc2)o1. The van der Waals surface area contributed by atoms with Gasteiger partial charge in [0.2, 0.25) is 0 Å². The number of amides is 2. The molecule has 2 aromatic rings. The average Bonchev–Trinajstić information content (AvgIpc) is 2.96. The number of nitrogens with zero attached hydrogens (tertiary/aromatic N) is 1. The number of non-ortho nitro benzene ring substituents is 1. The Bertz CT molecular complexity index is 762. The molecule has 118 valence electrons. The Kier molecular flexibility index (Phi) is 4.88. The quantitative estimate of drug-likeness (QED) is 0.508. The van der Waals surface area contributed by atoms with Crippen molar-refractivity contribution in [3.63, 3.8) is 0 Å². The predicted octanol–water partition coefficient (Wildman–Crippen LogP) is 1.97. The largest absolute Gasteiger partial charge is 0.462 e. The fraction of sp³-hybridized carbons (Fsp3) is 0.0667. The Morgan fingerprint density at radius 2 is 1.83 bits per heavy atom. The van der Waals surface area contributed by atoms with Crippen LogP contribution in [0.4, 0.5) is 5.69 Å². The first kappa shape index (κ1) is 16.0. The summed E-state index contributed by atoms with van der Waals surface area (Å²) in [5.41, 5.74) is 4.45. The molecule has 1 aromatic carbocycles. The van der Waals surface area contributed by atoms with Crippen molar-refractivity contribution in [3.05, 3.63) is 69.7 Å². The number of carbonyl (C=O) groups excluding carboxylic acids is 2. The number of furan rings is 1. The summed E-state index contributed by atoms with van der Waals surface area (Å²) in [5.74, 6) is 0.0979. The Labute approximate surface area is 130 Å². The second kappa shape index (κ2) is 7.03. The van der Waals surface area contributed by atoms with Gasteiger partial charge in [-0.05, 0) is 37.3 Å². The summed E-state index contributed by atoms with van der Waals surface area (Å²) >= 11 is 0. The highest BCUT2D eigenvalue weighted by molar-refractivity contribution is 5.97. The third kappa shape index (κ3) is 4.53. The molecule has 0 saturated heterocycles. The van der Waals surface area contributed by atoms with Crippen LogP contribution in [0.1, 0.15) is 21.9 Å². The number of hydrazine groups is 1. The number of rotatable bonds is 4. The molecule has 0 spiro atoms. The second-order valence-electron chi connectivity index (χ2n) is 4.53. The van der Waals surface area contributed by atoms with E-state index in [9.17, 15) is 19.7 Å². The van der Waals surface area contributed by atoms with Gasteiger partial charge in [-0.1, -0.05) is 0 Å². The van der Waals surface area contributed by atoms with E-state index in [1.807, 2.05) is 0 Å². The zero-order valence-corrected chi connectivity index (χ0v) is 12.1. The van der Waals surface area contributed by atoms with Crippen molar-refractivity contribution >= 4 is 23.6 Å². The maximum Gasteiger partial charge on any atom is 0.269 e. The van der Waals surface area contributed by atoms with Gasteiger partial charge >= 0.3 is 0 Å². The molecule has 2 amide bonds. The normalized spacial score (nSPS) is 10.5. The molecular weight excluding hydrogens is 302 g/mol. The molecule has 1 heterocycles. The van der Waals surface area contributed by atoms with Crippen LogP contribution >= 0.6 is 0 Å². The van der Waals surface area contributed by atoms with Crippen molar-refractivity contribution in [1.29, 1.82) is 0 Å². The highest BCUT2D eigenvalue weighted by Gasteiger charge is 2.09. The van der Waals surface area contributed by atoms with Crippen LogP contribution in [0.15, 0.2) is 46.9 Å².